The molecule has 1 atom stereocenters. The van der Waals surface area contributed by atoms with Gasteiger partial charge >= 0.3 is 0 Å². The fraction of sp³-hybridized carbons (Fsp3) is 0.462. The molecule has 0 saturated heterocycles. The smallest absolute Gasteiger partial charge is 0.227 e. The Kier molecular flexibility index (Phi) is 4.68. The van der Waals surface area contributed by atoms with Crippen molar-refractivity contribution in [2.75, 3.05) is 0 Å². The molecule has 0 aliphatic heterocycles. The zero-order valence-electron chi connectivity index (χ0n) is 11.0. The summed E-state index contributed by atoms with van der Waals surface area (Å²) >= 11 is 1.56. The third kappa shape index (κ3) is 3.89. The Morgan fingerprint density at radius 2 is 2.42 bits per heavy atom. The van der Waals surface area contributed by atoms with E-state index in [1.54, 1.807) is 11.3 Å². The zero-order chi connectivity index (χ0) is 13.7. The van der Waals surface area contributed by atoms with Gasteiger partial charge in [-0.1, -0.05) is 18.1 Å². The van der Waals surface area contributed by atoms with Crippen LogP contribution in [0, 0.1) is 0 Å². The van der Waals surface area contributed by atoms with Crippen molar-refractivity contribution in [2.24, 2.45) is 0 Å². The second-order valence-electron chi connectivity index (χ2n) is 4.37. The van der Waals surface area contributed by atoms with E-state index in [2.05, 4.69) is 15.5 Å². The van der Waals surface area contributed by atoms with Crippen LogP contribution in [0.4, 0.5) is 0 Å². The van der Waals surface area contributed by atoms with E-state index in [1.807, 2.05) is 31.4 Å². The number of rotatable bonds is 6. The van der Waals surface area contributed by atoms with Crippen molar-refractivity contribution in [3.8, 4) is 10.7 Å². The fourth-order valence-corrected chi connectivity index (χ4v) is 2.18. The first-order valence-electron chi connectivity index (χ1n) is 6.35. The van der Waals surface area contributed by atoms with Crippen LogP contribution in [-0.4, -0.2) is 22.1 Å². The van der Waals surface area contributed by atoms with Gasteiger partial charge in [-0.2, -0.15) is 4.98 Å². The Bertz CT molecular complexity index is 522. The van der Waals surface area contributed by atoms with Crippen LogP contribution in [0.1, 0.15) is 32.6 Å². The van der Waals surface area contributed by atoms with E-state index in [-0.39, 0.29) is 11.9 Å². The normalized spacial score (nSPS) is 12.3. The van der Waals surface area contributed by atoms with Crippen molar-refractivity contribution >= 4 is 17.2 Å². The van der Waals surface area contributed by atoms with Gasteiger partial charge in [0.05, 0.1) is 4.88 Å². The second-order valence-corrected chi connectivity index (χ2v) is 5.31. The SMILES string of the molecule is CC[C@H](C)NC(=O)CCc1nc(-c2cccs2)no1. The molecule has 1 N–H and O–H groups in total. The minimum absolute atomic E-state index is 0.0187. The molecule has 2 aromatic rings. The molecule has 6 heteroatoms. The second kappa shape index (κ2) is 6.47. The Balaban J connectivity index is 1.85. The molecule has 0 fully saturated rings. The highest BCUT2D eigenvalue weighted by molar-refractivity contribution is 7.13. The molecule has 0 aliphatic rings. The van der Waals surface area contributed by atoms with Crippen LogP contribution in [0.15, 0.2) is 22.0 Å². The number of aryl methyl sites for hydroxylation is 1. The quantitative estimate of drug-likeness (QED) is 0.882. The van der Waals surface area contributed by atoms with Crippen LogP contribution in [0.3, 0.4) is 0 Å². The highest BCUT2D eigenvalue weighted by Crippen LogP contribution is 2.21. The number of nitrogens with one attached hydrogen (secondary N) is 1. The molecule has 0 spiro atoms. The van der Waals surface area contributed by atoms with E-state index in [0.717, 1.165) is 11.3 Å². The summed E-state index contributed by atoms with van der Waals surface area (Å²) in [5.41, 5.74) is 0. The van der Waals surface area contributed by atoms with Crippen LogP contribution in [0.5, 0.6) is 0 Å². The third-order valence-corrected chi connectivity index (χ3v) is 3.66. The number of nitrogens with zero attached hydrogens (tertiary/aromatic N) is 2. The average molecular weight is 279 g/mol. The van der Waals surface area contributed by atoms with Crippen molar-refractivity contribution in [3.05, 3.63) is 23.4 Å². The number of hydrogen-bond acceptors (Lipinski definition) is 5. The van der Waals surface area contributed by atoms with E-state index >= 15 is 0 Å². The molecule has 5 nitrogen and oxygen atoms in total. The zero-order valence-corrected chi connectivity index (χ0v) is 11.9. The lowest BCUT2D eigenvalue weighted by atomic mass is 10.2. The number of amides is 1. The molecule has 0 radical (unpaired) electrons. The van der Waals surface area contributed by atoms with Crippen LogP contribution < -0.4 is 5.32 Å². The standard InChI is InChI=1S/C13H17N3O2S/c1-3-9(2)14-11(17)6-7-12-15-13(16-18-12)10-5-4-8-19-10/h4-5,8-9H,3,6-7H2,1-2H3,(H,14,17)/t9-/m0/s1. The lowest BCUT2D eigenvalue weighted by Gasteiger charge is -2.10. The summed E-state index contributed by atoms with van der Waals surface area (Å²) in [6.45, 7) is 4.02. The number of carbonyl (C=O) groups is 1. The Morgan fingerprint density at radius 1 is 1.58 bits per heavy atom. The third-order valence-electron chi connectivity index (χ3n) is 2.80. The lowest BCUT2D eigenvalue weighted by molar-refractivity contribution is -0.121. The van der Waals surface area contributed by atoms with E-state index < -0.39 is 0 Å². The molecule has 2 aromatic heterocycles. The Hall–Kier alpha value is -1.69. The first-order chi connectivity index (χ1) is 9.19. The molecule has 0 unspecified atom stereocenters. The maximum Gasteiger partial charge on any atom is 0.227 e. The van der Waals surface area contributed by atoms with Crippen LogP contribution in [-0.2, 0) is 11.2 Å². The maximum absolute atomic E-state index is 11.6. The largest absolute Gasteiger partial charge is 0.354 e. The van der Waals surface area contributed by atoms with E-state index in [9.17, 15) is 4.79 Å². The molecule has 2 heterocycles. The van der Waals surface area contributed by atoms with Crippen LogP contribution in [0.25, 0.3) is 10.7 Å². The van der Waals surface area contributed by atoms with Crippen LogP contribution >= 0.6 is 11.3 Å². The first-order valence-corrected chi connectivity index (χ1v) is 7.22. The average Bonchev–Trinajstić information content (AvgIpc) is 3.06. The topological polar surface area (TPSA) is 68.0 Å². The summed E-state index contributed by atoms with van der Waals surface area (Å²) in [5.74, 6) is 1.11. The Labute approximate surface area is 116 Å². The summed E-state index contributed by atoms with van der Waals surface area (Å²) in [5, 5.41) is 8.78. The van der Waals surface area contributed by atoms with Gasteiger partial charge in [-0.05, 0) is 24.8 Å². The summed E-state index contributed by atoms with van der Waals surface area (Å²) < 4.78 is 5.14. The molecule has 0 saturated carbocycles. The van der Waals surface area contributed by atoms with Crippen molar-refractivity contribution in [1.82, 2.24) is 15.5 Å². The minimum atomic E-state index is 0.0187. The van der Waals surface area contributed by atoms with Crippen molar-refractivity contribution in [3.63, 3.8) is 0 Å². The molecular formula is C13H17N3O2S. The Morgan fingerprint density at radius 3 is 3.11 bits per heavy atom. The van der Waals surface area contributed by atoms with E-state index in [1.165, 1.54) is 0 Å². The first kappa shape index (κ1) is 13.7. The predicted molar refractivity (Wildman–Crippen MR) is 73.8 cm³/mol. The molecule has 0 aromatic carbocycles. The van der Waals surface area contributed by atoms with Gasteiger partial charge in [0.25, 0.3) is 0 Å². The monoisotopic (exact) mass is 279 g/mol. The minimum Gasteiger partial charge on any atom is -0.354 e. The number of hydrogen-bond donors (Lipinski definition) is 1. The van der Waals surface area contributed by atoms with E-state index in [4.69, 9.17) is 4.52 Å². The van der Waals surface area contributed by atoms with Crippen molar-refractivity contribution < 1.29 is 9.32 Å². The van der Waals surface area contributed by atoms with Gasteiger partial charge in [0.2, 0.25) is 17.6 Å². The number of thiophene rings is 1. The van der Waals surface area contributed by atoms with Gasteiger partial charge in [0.1, 0.15) is 0 Å². The summed E-state index contributed by atoms with van der Waals surface area (Å²) in [6.07, 6.45) is 1.77. The fourth-order valence-electron chi connectivity index (χ4n) is 1.53. The number of carbonyl (C=O) groups excluding carboxylic acids is 1. The van der Waals surface area contributed by atoms with Gasteiger partial charge < -0.3 is 9.84 Å². The molecule has 102 valence electrons. The number of aromatic nitrogens is 2. The van der Waals surface area contributed by atoms with Gasteiger partial charge in [-0.3, -0.25) is 4.79 Å². The van der Waals surface area contributed by atoms with Gasteiger partial charge in [0.15, 0.2) is 0 Å². The van der Waals surface area contributed by atoms with Gasteiger partial charge in [0, 0.05) is 18.9 Å². The maximum atomic E-state index is 11.6. The highest BCUT2D eigenvalue weighted by Gasteiger charge is 2.11. The summed E-state index contributed by atoms with van der Waals surface area (Å²) in [6, 6.07) is 4.08. The van der Waals surface area contributed by atoms with Gasteiger partial charge in [-0.25, -0.2) is 0 Å². The molecule has 0 bridgehead atoms. The van der Waals surface area contributed by atoms with Gasteiger partial charge in [-0.15, -0.1) is 11.3 Å². The highest BCUT2D eigenvalue weighted by atomic mass is 32.1. The van der Waals surface area contributed by atoms with Crippen molar-refractivity contribution in [1.29, 1.82) is 0 Å². The van der Waals surface area contributed by atoms with E-state index in [0.29, 0.717) is 24.6 Å². The molecule has 1 amide bonds. The summed E-state index contributed by atoms with van der Waals surface area (Å²) in [7, 11) is 0. The summed E-state index contributed by atoms with van der Waals surface area (Å²) in [4.78, 5) is 16.9. The molecule has 2 rings (SSSR count). The lowest BCUT2D eigenvalue weighted by Crippen LogP contribution is -2.32. The molecule has 19 heavy (non-hydrogen) atoms. The molecule has 0 aliphatic carbocycles. The molecular weight excluding hydrogens is 262 g/mol. The van der Waals surface area contributed by atoms with Crippen molar-refractivity contribution in [2.45, 2.75) is 39.2 Å². The predicted octanol–water partition coefficient (Wildman–Crippen LogP) is 2.65. The van der Waals surface area contributed by atoms with Crippen LogP contribution in [0.2, 0.25) is 0 Å².